The number of hydrogen-bond donors (Lipinski definition) is 2. The molecule has 0 aromatic carbocycles. The molecule has 0 radical (unpaired) electrons. The van der Waals surface area contributed by atoms with E-state index in [9.17, 15) is 0 Å². The molecule has 0 aliphatic heterocycles. The van der Waals surface area contributed by atoms with Gasteiger partial charge in [-0.1, -0.05) is 26.7 Å². The van der Waals surface area contributed by atoms with Gasteiger partial charge < -0.3 is 15.5 Å². The maximum Gasteiger partial charge on any atom is 0.0242 e. The quantitative estimate of drug-likeness (QED) is 0.621. The van der Waals surface area contributed by atoms with Crippen molar-refractivity contribution in [2.75, 3.05) is 33.7 Å². The average Bonchev–Trinajstić information content (AvgIpc) is 2.25. The lowest BCUT2D eigenvalue weighted by Gasteiger charge is -2.31. The third-order valence-electron chi connectivity index (χ3n) is 3.57. The minimum absolute atomic E-state index is 0.220. The second kappa shape index (κ2) is 8.89. The number of rotatable bonds is 9. The number of hydrogen-bond acceptors (Lipinski definition) is 3. The van der Waals surface area contributed by atoms with Crippen LogP contribution in [0.15, 0.2) is 0 Å². The lowest BCUT2D eigenvalue weighted by atomic mass is 9.93. The van der Waals surface area contributed by atoms with E-state index in [-0.39, 0.29) is 5.54 Å². The maximum absolute atomic E-state index is 3.58. The van der Waals surface area contributed by atoms with Crippen molar-refractivity contribution in [2.24, 2.45) is 5.92 Å². The summed E-state index contributed by atoms with van der Waals surface area (Å²) in [7, 11) is 4.39. The molecule has 0 bridgehead atoms. The van der Waals surface area contributed by atoms with Crippen LogP contribution in [-0.4, -0.2) is 50.2 Å². The zero-order valence-electron chi connectivity index (χ0n) is 13.6. The summed E-state index contributed by atoms with van der Waals surface area (Å²) < 4.78 is 0. The van der Waals surface area contributed by atoms with E-state index >= 15 is 0 Å². The van der Waals surface area contributed by atoms with Crippen molar-refractivity contribution in [2.45, 2.75) is 59.0 Å². The third-order valence-corrected chi connectivity index (χ3v) is 3.57. The Bertz CT molecular complexity index is 192. The number of nitrogens with zero attached hydrogens (tertiary/aromatic N) is 1. The van der Waals surface area contributed by atoms with Crippen molar-refractivity contribution in [3.63, 3.8) is 0 Å². The highest BCUT2D eigenvalue weighted by atomic mass is 15.1. The van der Waals surface area contributed by atoms with E-state index in [4.69, 9.17) is 0 Å². The lowest BCUT2D eigenvalue weighted by Crippen LogP contribution is -2.46. The Balaban J connectivity index is 3.91. The smallest absolute Gasteiger partial charge is 0.0242 e. The second-order valence-corrected chi connectivity index (χ2v) is 6.49. The van der Waals surface area contributed by atoms with Crippen LogP contribution in [0.5, 0.6) is 0 Å². The normalized spacial score (nSPS) is 14.5. The van der Waals surface area contributed by atoms with Crippen LogP contribution in [0.3, 0.4) is 0 Å². The average molecular weight is 257 g/mol. The highest BCUT2D eigenvalue weighted by Gasteiger charge is 2.19. The van der Waals surface area contributed by atoms with Gasteiger partial charge in [-0.05, 0) is 40.8 Å². The first-order valence-electron chi connectivity index (χ1n) is 7.44. The fraction of sp³-hybridized carbons (Fsp3) is 1.00. The molecule has 0 aromatic heterocycles. The van der Waals surface area contributed by atoms with Crippen LogP contribution in [-0.2, 0) is 0 Å². The maximum atomic E-state index is 3.58. The van der Waals surface area contributed by atoms with Crippen LogP contribution in [0, 0.1) is 5.92 Å². The summed E-state index contributed by atoms with van der Waals surface area (Å²) in [6.45, 7) is 14.4. The molecule has 0 rings (SSSR count). The van der Waals surface area contributed by atoms with E-state index < -0.39 is 0 Å². The van der Waals surface area contributed by atoms with E-state index in [0.29, 0.717) is 6.04 Å². The molecule has 3 heteroatoms. The van der Waals surface area contributed by atoms with Crippen LogP contribution in [0.2, 0.25) is 0 Å². The number of nitrogens with one attached hydrogen (secondary N) is 2. The summed E-state index contributed by atoms with van der Waals surface area (Å²) in [5.41, 5.74) is 0.220. The van der Waals surface area contributed by atoms with Gasteiger partial charge in [-0.25, -0.2) is 0 Å². The van der Waals surface area contributed by atoms with Gasteiger partial charge in [-0.2, -0.15) is 0 Å². The molecule has 0 fully saturated rings. The molecule has 3 nitrogen and oxygen atoms in total. The zero-order valence-corrected chi connectivity index (χ0v) is 13.6. The number of likely N-dealkylation sites (N-methyl/N-ethyl adjacent to an activating group) is 1. The molecule has 0 saturated carbocycles. The van der Waals surface area contributed by atoms with Gasteiger partial charge >= 0.3 is 0 Å². The zero-order chi connectivity index (χ0) is 14.2. The third kappa shape index (κ3) is 8.06. The second-order valence-electron chi connectivity index (χ2n) is 6.49. The Kier molecular flexibility index (Phi) is 8.83. The van der Waals surface area contributed by atoms with Crippen LogP contribution < -0.4 is 10.6 Å². The van der Waals surface area contributed by atoms with Crippen molar-refractivity contribution in [1.29, 1.82) is 0 Å². The Morgan fingerprint density at radius 2 is 1.56 bits per heavy atom. The summed E-state index contributed by atoms with van der Waals surface area (Å²) in [6.07, 6.45) is 2.53. The standard InChI is InChI=1S/C15H35N3/c1-8-13(9-2)14(18(6)7)12-16-10-11-17-15(3,4)5/h13-14,16-17H,8-12H2,1-7H3. The summed E-state index contributed by atoms with van der Waals surface area (Å²) in [5.74, 6) is 0.795. The van der Waals surface area contributed by atoms with Gasteiger partial charge in [0.25, 0.3) is 0 Å². The first-order valence-corrected chi connectivity index (χ1v) is 7.44. The molecule has 0 spiro atoms. The molecule has 1 atom stereocenters. The van der Waals surface area contributed by atoms with E-state index in [0.717, 1.165) is 25.6 Å². The SMILES string of the molecule is CCC(CC)C(CNCCNC(C)(C)C)N(C)C. The molecule has 0 amide bonds. The summed E-state index contributed by atoms with van der Waals surface area (Å²) in [5, 5.41) is 7.09. The van der Waals surface area contributed by atoms with Crippen LogP contribution in [0.25, 0.3) is 0 Å². The molecule has 1 unspecified atom stereocenters. The van der Waals surface area contributed by atoms with Gasteiger partial charge in [0.05, 0.1) is 0 Å². The van der Waals surface area contributed by atoms with Crippen LogP contribution >= 0.6 is 0 Å². The topological polar surface area (TPSA) is 27.3 Å². The Hall–Kier alpha value is -0.120. The fourth-order valence-electron chi connectivity index (χ4n) is 2.38. The summed E-state index contributed by atoms with van der Waals surface area (Å²) in [6, 6.07) is 0.648. The van der Waals surface area contributed by atoms with Crippen LogP contribution in [0.4, 0.5) is 0 Å². The minimum atomic E-state index is 0.220. The van der Waals surface area contributed by atoms with Crippen molar-refractivity contribution in [3.8, 4) is 0 Å². The van der Waals surface area contributed by atoms with E-state index in [1.165, 1.54) is 12.8 Å². The van der Waals surface area contributed by atoms with Crippen molar-refractivity contribution < 1.29 is 0 Å². The van der Waals surface area contributed by atoms with Gasteiger partial charge in [0.1, 0.15) is 0 Å². The van der Waals surface area contributed by atoms with E-state index in [1.807, 2.05) is 0 Å². The summed E-state index contributed by atoms with van der Waals surface area (Å²) >= 11 is 0. The van der Waals surface area contributed by atoms with E-state index in [2.05, 4.69) is 64.2 Å². The fourth-order valence-corrected chi connectivity index (χ4v) is 2.38. The lowest BCUT2D eigenvalue weighted by molar-refractivity contribution is 0.194. The Labute approximate surface area is 115 Å². The van der Waals surface area contributed by atoms with Gasteiger partial charge in [0.2, 0.25) is 0 Å². The van der Waals surface area contributed by atoms with Gasteiger partial charge in [-0.15, -0.1) is 0 Å². The highest BCUT2D eigenvalue weighted by molar-refractivity contribution is 4.77. The molecule has 0 aliphatic rings. The first kappa shape index (κ1) is 17.9. The predicted molar refractivity (Wildman–Crippen MR) is 82.2 cm³/mol. The van der Waals surface area contributed by atoms with E-state index in [1.54, 1.807) is 0 Å². The monoisotopic (exact) mass is 257 g/mol. The molecule has 0 aromatic rings. The largest absolute Gasteiger partial charge is 0.314 e. The molecular weight excluding hydrogens is 222 g/mol. The molecule has 0 heterocycles. The van der Waals surface area contributed by atoms with Gasteiger partial charge in [0.15, 0.2) is 0 Å². The molecular formula is C15H35N3. The summed E-state index contributed by atoms with van der Waals surface area (Å²) in [4.78, 5) is 2.36. The van der Waals surface area contributed by atoms with Gasteiger partial charge in [-0.3, -0.25) is 0 Å². The van der Waals surface area contributed by atoms with Gasteiger partial charge in [0, 0.05) is 31.2 Å². The highest BCUT2D eigenvalue weighted by Crippen LogP contribution is 2.16. The Morgan fingerprint density at radius 3 is 1.94 bits per heavy atom. The van der Waals surface area contributed by atoms with Crippen molar-refractivity contribution >= 4 is 0 Å². The predicted octanol–water partition coefficient (Wildman–Crippen LogP) is 2.33. The minimum Gasteiger partial charge on any atom is -0.314 e. The molecule has 18 heavy (non-hydrogen) atoms. The molecule has 0 aliphatic carbocycles. The van der Waals surface area contributed by atoms with Crippen molar-refractivity contribution in [3.05, 3.63) is 0 Å². The molecule has 110 valence electrons. The van der Waals surface area contributed by atoms with Crippen LogP contribution in [0.1, 0.15) is 47.5 Å². The first-order chi connectivity index (χ1) is 8.31. The molecule has 2 N–H and O–H groups in total. The van der Waals surface area contributed by atoms with Crippen molar-refractivity contribution in [1.82, 2.24) is 15.5 Å². The molecule has 0 saturated heterocycles. The Morgan fingerprint density at radius 1 is 1.00 bits per heavy atom.